The number of carbonyl (C=O) groups is 2. The molecule has 9 nitrogen and oxygen atoms in total. The fourth-order valence-corrected chi connectivity index (χ4v) is 6.31. The molecule has 0 spiro atoms. The standard InChI is InChI=1S/C32H38N4O5S/c1-3-26-9-7-8-12-30(26)36(42(39,40)29-19-13-24(2)14-20-29)22-31(37)35-33-21-25-15-17-28(18-16-25)41-23-32(38)34-27-10-5-4-6-11-27/h7-9,12-21,27H,3-6,10-11,22-23H2,1-2H3,(H,34,38)(H,35,37)/b33-21+. The Kier molecular flexibility index (Phi) is 10.7. The summed E-state index contributed by atoms with van der Waals surface area (Å²) in [5.41, 5.74) is 5.31. The third-order valence-electron chi connectivity index (χ3n) is 7.16. The van der Waals surface area contributed by atoms with Crippen LogP contribution in [0.5, 0.6) is 5.75 Å². The highest BCUT2D eigenvalue weighted by atomic mass is 32.2. The van der Waals surface area contributed by atoms with Crippen molar-refractivity contribution in [3.63, 3.8) is 0 Å². The summed E-state index contributed by atoms with van der Waals surface area (Å²) in [7, 11) is -4.02. The summed E-state index contributed by atoms with van der Waals surface area (Å²) in [5, 5.41) is 7.04. The first-order chi connectivity index (χ1) is 20.3. The van der Waals surface area contributed by atoms with Gasteiger partial charge in [-0.05, 0) is 79.8 Å². The Labute approximate surface area is 248 Å². The molecule has 2 amide bonds. The van der Waals surface area contributed by atoms with Gasteiger partial charge in [-0.2, -0.15) is 5.10 Å². The highest BCUT2D eigenvalue weighted by Crippen LogP contribution is 2.27. The van der Waals surface area contributed by atoms with E-state index in [4.69, 9.17) is 4.74 Å². The molecule has 1 aliphatic carbocycles. The largest absolute Gasteiger partial charge is 0.484 e. The van der Waals surface area contributed by atoms with Gasteiger partial charge < -0.3 is 10.1 Å². The van der Waals surface area contributed by atoms with Crippen molar-refractivity contribution in [3.8, 4) is 5.75 Å². The number of hydrogen-bond acceptors (Lipinski definition) is 6. The molecule has 1 aliphatic rings. The first kappa shape index (κ1) is 30.8. The number of hydrazone groups is 1. The third-order valence-corrected chi connectivity index (χ3v) is 8.93. The Morgan fingerprint density at radius 3 is 2.33 bits per heavy atom. The van der Waals surface area contributed by atoms with Gasteiger partial charge >= 0.3 is 0 Å². The Morgan fingerprint density at radius 1 is 0.952 bits per heavy atom. The zero-order chi connectivity index (χ0) is 30.0. The minimum atomic E-state index is -4.02. The van der Waals surface area contributed by atoms with Crippen molar-refractivity contribution < 1.29 is 22.7 Å². The van der Waals surface area contributed by atoms with Crippen molar-refractivity contribution >= 4 is 33.7 Å². The van der Waals surface area contributed by atoms with Crippen LogP contribution in [-0.2, 0) is 26.0 Å². The smallest absolute Gasteiger partial charge is 0.264 e. The summed E-state index contributed by atoms with van der Waals surface area (Å²) in [4.78, 5) is 25.2. The minimum Gasteiger partial charge on any atom is -0.484 e. The number of rotatable bonds is 12. The number of nitrogens with one attached hydrogen (secondary N) is 2. The van der Waals surface area contributed by atoms with Gasteiger partial charge in [-0.1, -0.05) is 62.1 Å². The number of carbonyl (C=O) groups excluding carboxylic acids is 2. The van der Waals surface area contributed by atoms with E-state index in [1.807, 2.05) is 26.0 Å². The third kappa shape index (κ3) is 8.42. The molecule has 222 valence electrons. The van der Waals surface area contributed by atoms with Crippen LogP contribution in [-0.4, -0.2) is 45.6 Å². The average Bonchev–Trinajstić information content (AvgIpc) is 3.00. The predicted molar refractivity (Wildman–Crippen MR) is 164 cm³/mol. The molecule has 10 heteroatoms. The molecule has 42 heavy (non-hydrogen) atoms. The highest BCUT2D eigenvalue weighted by Gasteiger charge is 2.28. The second-order valence-electron chi connectivity index (χ2n) is 10.4. The SMILES string of the molecule is CCc1ccccc1N(CC(=O)N/N=C/c1ccc(OCC(=O)NC2CCCCC2)cc1)S(=O)(=O)c1ccc(C)cc1. The van der Waals surface area contributed by atoms with Gasteiger partial charge in [-0.3, -0.25) is 13.9 Å². The van der Waals surface area contributed by atoms with Crippen LogP contribution in [0.25, 0.3) is 0 Å². The molecular weight excluding hydrogens is 552 g/mol. The summed E-state index contributed by atoms with van der Waals surface area (Å²) in [5.74, 6) is -0.173. The minimum absolute atomic E-state index is 0.0524. The molecule has 0 radical (unpaired) electrons. The normalized spacial score (nSPS) is 14.0. The molecule has 4 rings (SSSR count). The van der Waals surface area contributed by atoms with Gasteiger partial charge in [0.25, 0.3) is 21.8 Å². The molecule has 0 aliphatic heterocycles. The van der Waals surface area contributed by atoms with Crippen LogP contribution >= 0.6 is 0 Å². The molecule has 0 aromatic heterocycles. The van der Waals surface area contributed by atoms with Crippen LogP contribution in [0.15, 0.2) is 82.8 Å². The Balaban J connectivity index is 1.36. The molecule has 3 aromatic carbocycles. The van der Waals surface area contributed by atoms with Crippen molar-refractivity contribution in [1.82, 2.24) is 10.7 Å². The van der Waals surface area contributed by atoms with E-state index < -0.39 is 22.5 Å². The van der Waals surface area contributed by atoms with Gasteiger partial charge in [-0.25, -0.2) is 13.8 Å². The lowest BCUT2D eigenvalue weighted by atomic mass is 9.95. The van der Waals surface area contributed by atoms with E-state index in [0.717, 1.165) is 41.1 Å². The van der Waals surface area contributed by atoms with Crippen molar-refractivity contribution in [3.05, 3.63) is 89.5 Å². The molecule has 0 atom stereocenters. The van der Waals surface area contributed by atoms with E-state index in [9.17, 15) is 18.0 Å². The zero-order valence-electron chi connectivity index (χ0n) is 24.1. The van der Waals surface area contributed by atoms with E-state index in [1.54, 1.807) is 60.7 Å². The molecule has 0 bridgehead atoms. The van der Waals surface area contributed by atoms with E-state index in [1.165, 1.54) is 12.6 Å². The summed E-state index contributed by atoms with van der Waals surface area (Å²) in [6, 6.07) is 20.8. The maximum Gasteiger partial charge on any atom is 0.264 e. The van der Waals surface area contributed by atoms with Gasteiger partial charge in [0.1, 0.15) is 12.3 Å². The number of ether oxygens (including phenoxy) is 1. The van der Waals surface area contributed by atoms with Crippen LogP contribution < -0.4 is 19.8 Å². The number of amides is 2. The first-order valence-electron chi connectivity index (χ1n) is 14.3. The van der Waals surface area contributed by atoms with Crippen molar-refractivity contribution in [2.24, 2.45) is 5.10 Å². The molecule has 2 N–H and O–H groups in total. The first-order valence-corrected chi connectivity index (χ1v) is 15.7. The second kappa shape index (κ2) is 14.6. The highest BCUT2D eigenvalue weighted by molar-refractivity contribution is 7.92. The summed E-state index contributed by atoms with van der Waals surface area (Å²) in [6.07, 6.45) is 7.60. The maximum absolute atomic E-state index is 13.6. The lowest BCUT2D eigenvalue weighted by molar-refractivity contribution is -0.124. The Bertz CT molecular complexity index is 1480. The van der Waals surface area contributed by atoms with Crippen LogP contribution in [0.4, 0.5) is 5.69 Å². The fourth-order valence-electron chi connectivity index (χ4n) is 4.85. The number of sulfonamides is 1. The van der Waals surface area contributed by atoms with Gasteiger partial charge in [-0.15, -0.1) is 0 Å². The molecule has 3 aromatic rings. The van der Waals surface area contributed by atoms with E-state index in [0.29, 0.717) is 23.4 Å². The lowest BCUT2D eigenvalue weighted by Gasteiger charge is -2.25. The molecule has 0 unspecified atom stereocenters. The van der Waals surface area contributed by atoms with Gasteiger partial charge in [0.2, 0.25) is 0 Å². The van der Waals surface area contributed by atoms with Crippen LogP contribution in [0, 0.1) is 6.92 Å². The van der Waals surface area contributed by atoms with Crippen molar-refractivity contribution in [2.45, 2.75) is 63.3 Å². The summed E-state index contributed by atoms with van der Waals surface area (Å²) < 4.78 is 34.0. The molecular formula is C32H38N4O5S. The van der Waals surface area contributed by atoms with E-state index in [2.05, 4.69) is 15.8 Å². The monoisotopic (exact) mass is 590 g/mol. The predicted octanol–water partition coefficient (Wildman–Crippen LogP) is 4.73. The average molecular weight is 591 g/mol. The van der Waals surface area contributed by atoms with E-state index >= 15 is 0 Å². The molecule has 0 saturated heterocycles. The number of nitrogens with zero attached hydrogens (tertiary/aromatic N) is 2. The van der Waals surface area contributed by atoms with Crippen molar-refractivity contribution in [1.29, 1.82) is 0 Å². The number of para-hydroxylation sites is 1. The molecule has 0 heterocycles. The number of aryl methyl sites for hydroxylation is 2. The van der Waals surface area contributed by atoms with E-state index in [-0.39, 0.29) is 23.5 Å². The van der Waals surface area contributed by atoms with Crippen molar-refractivity contribution in [2.75, 3.05) is 17.5 Å². The number of benzene rings is 3. The maximum atomic E-state index is 13.6. The second-order valence-corrected chi connectivity index (χ2v) is 12.2. The number of hydrogen-bond donors (Lipinski definition) is 2. The molecule has 1 saturated carbocycles. The van der Waals surface area contributed by atoms with Crippen LogP contribution in [0.3, 0.4) is 0 Å². The zero-order valence-corrected chi connectivity index (χ0v) is 24.9. The van der Waals surface area contributed by atoms with Crippen LogP contribution in [0.2, 0.25) is 0 Å². The summed E-state index contributed by atoms with van der Waals surface area (Å²) in [6.45, 7) is 3.32. The number of anilines is 1. The summed E-state index contributed by atoms with van der Waals surface area (Å²) >= 11 is 0. The quantitative estimate of drug-likeness (QED) is 0.234. The van der Waals surface area contributed by atoms with Crippen LogP contribution in [0.1, 0.15) is 55.7 Å². The fraction of sp³-hybridized carbons (Fsp3) is 0.344. The Hall–Kier alpha value is -4.18. The molecule has 1 fully saturated rings. The Morgan fingerprint density at radius 2 is 1.64 bits per heavy atom. The van der Waals surface area contributed by atoms with Gasteiger partial charge in [0.15, 0.2) is 6.61 Å². The lowest BCUT2D eigenvalue weighted by Crippen LogP contribution is -2.40. The van der Waals surface area contributed by atoms with Gasteiger partial charge in [0.05, 0.1) is 16.8 Å². The topological polar surface area (TPSA) is 117 Å². The van der Waals surface area contributed by atoms with Gasteiger partial charge in [0, 0.05) is 6.04 Å².